The molecule has 2 unspecified atom stereocenters. The fourth-order valence-corrected chi connectivity index (χ4v) is 2.99. The van der Waals surface area contributed by atoms with Crippen molar-refractivity contribution in [2.45, 2.75) is 31.3 Å². The monoisotopic (exact) mass is 269 g/mol. The van der Waals surface area contributed by atoms with Crippen LogP contribution in [0.2, 0.25) is 0 Å². The molecule has 104 valence electrons. The van der Waals surface area contributed by atoms with E-state index in [4.69, 9.17) is 4.74 Å². The Bertz CT molecular complexity index is 580. The van der Waals surface area contributed by atoms with Gasteiger partial charge in [-0.15, -0.1) is 0 Å². The van der Waals surface area contributed by atoms with Gasteiger partial charge in [0.05, 0.1) is 13.2 Å². The van der Waals surface area contributed by atoms with Gasteiger partial charge in [-0.1, -0.05) is 18.2 Å². The third-order valence-corrected chi connectivity index (χ3v) is 4.08. The maximum absolute atomic E-state index is 10.7. The molecule has 2 atom stereocenters. The fourth-order valence-electron chi connectivity index (χ4n) is 2.99. The van der Waals surface area contributed by atoms with Gasteiger partial charge in [0, 0.05) is 17.8 Å². The van der Waals surface area contributed by atoms with E-state index in [9.17, 15) is 5.11 Å². The van der Waals surface area contributed by atoms with E-state index in [0.29, 0.717) is 0 Å². The van der Waals surface area contributed by atoms with Crippen molar-refractivity contribution in [2.75, 3.05) is 7.11 Å². The normalized spacial score (nSPS) is 19.2. The van der Waals surface area contributed by atoms with Crippen LogP contribution in [0.1, 0.15) is 41.7 Å². The molecule has 0 saturated heterocycles. The topological polar surface area (TPSA) is 42.4 Å². The molecule has 3 nitrogen and oxygen atoms in total. The van der Waals surface area contributed by atoms with E-state index in [1.165, 1.54) is 5.56 Å². The molecule has 1 aliphatic carbocycles. The van der Waals surface area contributed by atoms with E-state index in [0.717, 1.165) is 36.3 Å². The predicted octanol–water partition coefficient (Wildman–Crippen LogP) is 3.24. The minimum Gasteiger partial charge on any atom is -0.497 e. The van der Waals surface area contributed by atoms with Crippen molar-refractivity contribution in [1.82, 2.24) is 4.98 Å². The summed E-state index contributed by atoms with van der Waals surface area (Å²) in [7, 11) is 1.65. The molecule has 0 fully saturated rings. The summed E-state index contributed by atoms with van der Waals surface area (Å²) in [5, 5.41) is 10.7. The van der Waals surface area contributed by atoms with Crippen molar-refractivity contribution in [3.8, 4) is 5.75 Å². The van der Waals surface area contributed by atoms with Crippen LogP contribution >= 0.6 is 0 Å². The highest BCUT2D eigenvalue weighted by Crippen LogP contribution is 2.39. The zero-order valence-electron chi connectivity index (χ0n) is 11.6. The Morgan fingerprint density at radius 3 is 2.80 bits per heavy atom. The first-order chi connectivity index (χ1) is 9.79. The second-order valence-corrected chi connectivity index (χ2v) is 5.26. The van der Waals surface area contributed by atoms with Crippen LogP contribution < -0.4 is 4.74 Å². The van der Waals surface area contributed by atoms with Gasteiger partial charge in [-0.05, 0) is 48.6 Å². The molecule has 0 amide bonds. The molecule has 1 aliphatic rings. The highest BCUT2D eigenvalue weighted by molar-refractivity contribution is 5.33. The molecule has 0 radical (unpaired) electrons. The van der Waals surface area contributed by atoms with Gasteiger partial charge >= 0.3 is 0 Å². The van der Waals surface area contributed by atoms with E-state index in [1.54, 1.807) is 7.11 Å². The summed E-state index contributed by atoms with van der Waals surface area (Å²) in [6.07, 6.45) is 4.47. The number of hydrogen-bond donors (Lipinski definition) is 1. The van der Waals surface area contributed by atoms with Crippen LogP contribution in [0.4, 0.5) is 0 Å². The largest absolute Gasteiger partial charge is 0.497 e. The highest BCUT2D eigenvalue weighted by Gasteiger charge is 2.28. The molecule has 1 aromatic heterocycles. The van der Waals surface area contributed by atoms with Crippen LogP contribution in [0.3, 0.4) is 0 Å². The van der Waals surface area contributed by atoms with Gasteiger partial charge < -0.3 is 9.84 Å². The van der Waals surface area contributed by atoms with Crippen molar-refractivity contribution in [2.24, 2.45) is 0 Å². The number of benzene rings is 1. The molecular weight excluding hydrogens is 250 g/mol. The molecule has 1 N–H and O–H groups in total. The van der Waals surface area contributed by atoms with Gasteiger partial charge in [0.1, 0.15) is 5.75 Å². The zero-order valence-corrected chi connectivity index (χ0v) is 11.6. The molecule has 1 aromatic carbocycles. The summed E-state index contributed by atoms with van der Waals surface area (Å²) in [6, 6.07) is 11.7. The Labute approximate surface area is 119 Å². The van der Waals surface area contributed by atoms with Crippen molar-refractivity contribution < 1.29 is 9.84 Å². The van der Waals surface area contributed by atoms with Crippen LogP contribution in [0, 0.1) is 0 Å². The third kappa shape index (κ3) is 2.41. The first-order valence-electron chi connectivity index (χ1n) is 7.05. The minimum absolute atomic E-state index is 0.0911. The first-order valence-corrected chi connectivity index (χ1v) is 7.05. The summed E-state index contributed by atoms with van der Waals surface area (Å²) in [6.45, 7) is 0. The number of aliphatic hydroxyl groups excluding tert-OH is 1. The molecule has 3 rings (SSSR count). The van der Waals surface area contributed by atoms with Crippen molar-refractivity contribution in [1.29, 1.82) is 0 Å². The highest BCUT2D eigenvalue weighted by atomic mass is 16.5. The summed E-state index contributed by atoms with van der Waals surface area (Å²) < 4.78 is 5.16. The van der Waals surface area contributed by atoms with Crippen molar-refractivity contribution in [3.05, 3.63) is 59.4 Å². The molecule has 1 heterocycles. The second-order valence-electron chi connectivity index (χ2n) is 5.26. The van der Waals surface area contributed by atoms with Crippen LogP contribution in [0.15, 0.2) is 42.6 Å². The number of methoxy groups -OCH3 is 1. The maximum Gasteiger partial charge on any atom is 0.118 e. The molecule has 3 heteroatoms. The van der Waals surface area contributed by atoms with Crippen LogP contribution in [-0.4, -0.2) is 17.2 Å². The first kappa shape index (κ1) is 13.1. The second kappa shape index (κ2) is 5.63. The van der Waals surface area contributed by atoms with E-state index >= 15 is 0 Å². The maximum atomic E-state index is 10.7. The van der Waals surface area contributed by atoms with E-state index < -0.39 is 6.10 Å². The number of aryl methyl sites for hydroxylation is 1. The quantitative estimate of drug-likeness (QED) is 0.930. The standard InChI is InChI=1S/C17H19NO2/c1-20-14-9-7-13(8-10-14)17(19)15-6-2-4-12-5-3-11-18-16(12)15/h3,5,7-11,15,17,19H,2,4,6H2,1H3. The number of fused-ring (bicyclic) bond motifs is 1. The lowest BCUT2D eigenvalue weighted by Gasteiger charge is -2.28. The lowest BCUT2D eigenvalue weighted by molar-refractivity contribution is 0.134. The van der Waals surface area contributed by atoms with Crippen LogP contribution in [-0.2, 0) is 6.42 Å². The van der Waals surface area contributed by atoms with E-state index in [1.807, 2.05) is 36.5 Å². The van der Waals surface area contributed by atoms with Gasteiger partial charge in [0.2, 0.25) is 0 Å². The number of pyridine rings is 1. The minimum atomic E-state index is -0.505. The van der Waals surface area contributed by atoms with E-state index in [-0.39, 0.29) is 5.92 Å². The molecular formula is C17H19NO2. The van der Waals surface area contributed by atoms with Gasteiger partial charge in [0.25, 0.3) is 0 Å². The number of aliphatic hydroxyl groups is 1. The Kier molecular flexibility index (Phi) is 3.70. The Balaban J connectivity index is 1.89. The van der Waals surface area contributed by atoms with Crippen LogP contribution in [0.5, 0.6) is 5.75 Å². The summed E-state index contributed by atoms with van der Waals surface area (Å²) in [5.74, 6) is 0.900. The lowest BCUT2D eigenvalue weighted by Crippen LogP contribution is -2.18. The SMILES string of the molecule is COc1ccc(C(O)C2CCCc3cccnc32)cc1. The average molecular weight is 269 g/mol. The Morgan fingerprint density at radius 2 is 2.05 bits per heavy atom. The Hall–Kier alpha value is -1.87. The molecule has 0 saturated carbocycles. The van der Waals surface area contributed by atoms with Crippen molar-refractivity contribution in [3.63, 3.8) is 0 Å². The number of rotatable bonds is 3. The summed E-state index contributed by atoms with van der Waals surface area (Å²) in [5.41, 5.74) is 3.26. The lowest BCUT2D eigenvalue weighted by atomic mass is 9.81. The average Bonchev–Trinajstić information content (AvgIpc) is 2.54. The van der Waals surface area contributed by atoms with E-state index in [2.05, 4.69) is 11.1 Å². The number of nitrogens with zero attached hydrogens (tertiary/aromatic N) is 1. The molecule has 0 bridgehead atoms. The van der Waals surface area contributed by atoms with Gasteiger partial charge in [0.15, 0.2) is 0 Å². The van der Waals surface area contributed by atoms with Gasteiger partial charge in [-0.2, -0.15) is 0 Å². The molecule has 0 spiro atoms. The fraction of sp³-hybridized carbons (Fsp3) is 0.353. The number of hydrogen-bond acceptors (Lipinski definition) is 3. The molecule has 0 aliphatic heterocycles. The summed E-state index contributed by atoms with van der Waals surface area (Å²) in [4.78, 5) is 4.50. The predicted molar refractivity (Wildman–Crippen MR) is 77.9 cm³/mol. The number of ether oxygens (including phenoxy) is 1. The zero-order chi connectivity index (χ0) is 13.9. The third-order valence-electron chi connectivity index (χ3n) is 4.08. The molecule has 2 aromatic rings. The van der Waals surface area contributed by atoms with Gasteiger partial charge in [-0.25, -0.2) is 0 Å². The van der Waals surface area contributed by atoms with Gasteiger partial charge in [-0.3, -0.25) is 4.98 Å². The number of aromatic nitrogens is 1. The molecule has 20 heavy (non-hydrogen) atoms. The van der Waals surface area contributed by atoms with Crippen molar-refractivity contribution >= 4 is 0 Å². The van der Waals surface area contributed by atoms with Crippen LogP contribution in [0.25, 0.3) is 0 Å². The Morgan fingerprint density at radius 1 is 1.25 bits per heavy atom. The summed E-state index contributed by atoms with van der Waals surface area (Å²) >= 11 is 0. The smallest absolute Gasteiger partial charge is 0.118 e.